The molecule has 0 aliphatic carbocycles. The van der Waals surface area contributed by atoms with E-state index in [9.17, 15) is 9.90 Å². The minimum absolute atomic E-state index is 0.280. The summed E-state index contributed by atoms with van der Waals surface area (Å²) in [6.07, 6.45) is 1.57. The van der Waals surface area contributed by atoms with Gasteiger partial charge < -0.3 is 5.11 Å². The summed E-state index contributed by atoms with van der Waals surface area (Å²) in [6.45, 7) is 0. The van der Waals surface area contributed by atoms with Crippen LogP contribution in [0.1, 0.15) is 21.6 Å². The van der Waals surface area contributed by atoms with E-state index in [-0.39, 0.29) is 11.6 Å². The maximum absolute atomic E-state index is 12.9. The summed E-state index contributed by atoms with van der Waals surface area (Å²) in [7, 11) is 0. The number of aliphatic hydroxyl groups is 1. The smallest absolute Gasteiger partial charge is 0.280 e. The zero-order valence-corrected chi connectivity index (χ0v) is 12.3. The van der Waals surface area contributed by atoms with Crippen LogP contribution in [0.4, 0.5) is 5.69 Å². The second-order valence-electron chi connectivity index (χ2n) is 5.41. The van der Waals surface area contributed by atoms with Crippen molar-refractivity contribution in [2.24, 2.45) is 0 Å². The highest BCUT2D eigenvalue weighted by molar-refractivity contribution is 6.11. The van der Waals surface area contributed by atoms with Gasteiger partial charge >= 0.3 is 0 Å². The standard InChI is InChI=1S/C19H14N2O2/c22-18-17-16(12-7-13-20-17)19(23,14-8-3-1-4-9-14)21(18)15-10-5-2-6-11-15/h1-13,23H. The number of fused-ring (bicyclic) bond motifs is 1. The lowest BCUT2D eigenvalue weighted by atomic mass is 9.95. The largest absolute Gasteiger partial charge is 0.363 e. The third kappa shape index (κ3) is 1.89. The molecule has 1 N–H and O–H groups in total. The summed E-state index contributed by atoms with van der Waals surface area (Å²) in [6, 6.07) is 21.8. The molecule has 1 aromatic heterocycles. The lowest BCUT2D eigenvalue weighted by Crippen LogP contribution is -2.45. The van der Waals surface area contributed by atoms with Crippen LogP contribution >= 0.6 is 0 Å². The topological polar surface area (TPSA) is 53.4 Å². The molecule has 4 rings (SSSR count). The monoisotopic (exact) mass is 302 g/mol. The lowest BCUT2D eigenvalue weighted by molar-refractivity contribution is 0.0703. The van der Waals surface area contributed by atoms with Crippen molar-refractivity contribution in [1.82, 2.24) is 4.98 Å². The lowest BCUT2D eigenvalue weighted by Gasteiger charge is -2.34. The fraction of sp³-hybridized carbons (Fsp3) is 0.0526. The first kappa shape index (κ1) is 13.7. The number of carbonyl (C=O) groups excluding carboxylic acids is 1. The van der Waals surface area contributed by atoms with Crippen LogP contribution in [0, 0.1) is 0 Å². The van der Waals surface area contributed by atoms with E-state index in [1.807, 2.05) is 48.5 Å². The fourth-order valence-corrected chi connectivity index (χ4v) is 3.07. The zero-order valence-electron chi connectivity index (χ0n) is 12.3. The van der Waals surface area contributed by atoms with Crippen LogP contribution in [0.3, 0.4) is 0 Å². The molecular weight excluding hydrogens is 288 g/mol. The van der Waals surface area contributed by atoms with Crippen LogP contribution in [0.2, 0.25) is 0 Å². The Bertz CT molecular complexity index is 865. The Morgan fingerprint density at radius 1 is 0.870 bits per heavy atom. The number of nitrogens with zero attached hydrogens (tertiary/aromatic N) is 2. The summed E-state index contributed by atoms with van der Waals surface area (Å²) in [5, 5.41) is 11.6. The number of hydrogen-bond donors (Lipinski definition) is 1. The van der Waals surface area contributed by atoms with E-state index in [1.165, 1.54) is 4.90 Å². The molecule has 1 aliphatic heterocycles. The number of anilines is 1. The highest BCUT2D eigenvalue weighted by atomic mass is 16.3. The number of amides is 1. The molecule has 1 aliphatic rings. The first-order valence-electron chi connectivity index (χ1n) is 7.36. The van der Waals surface area contributed by atoms with Crippen LogP contribution < -0.4 is 4.90 Å². The fourth-order valence-electron chi connectivity index (χ4n) is 3.07. The van der Waals surface area contributed by atoms with Gasteiger partial charge in [-0.1, -0.05) is 48.5 Å². The molecular formula is C19H14N2O2. The quantitative estimate of drug-likeness (QED) is 0.792. The van der Waals surface area contributed by atoms with Gasteiger partial charge in [0.2, 0.25) is 0 Å². The minimum Gasteiger partial charge on any atom is -0.363 e. The maximum Gasteiger partial charge on any atom is 0.280 e. The van der Waals surface area contributed by atoms with Crippen molar-refractivity contribution in [2.45, 2.75) is 5.72 Å². The SMILES string of the molecule is O=C1c2ncccc2C(O)(c2ccccc2)N1c1ccccc1. The van der Waals surface area contributed by atoms with Gasteiger partial charge in [-0.3, -0.25) is 14.7 Å². The third-order valence-electron chi connectivity index (χ3n) is 4.10. The van der Waals surface area contributed by atoms with Gasteiger partial charge in [-0.15, -0.1) is 0 Å². The van der Waals surface area contributed by atoms with E-state index in [0.717, 1.165) is 0 Å². The Kier molecular flexibility index (Phi) is 2.99. The van der Waals surface area contributed by atoms with Gasteiger partial charge in [-0.2, -0.15) is 0 Å². The molecule has 1 amide bonds. The van der Waals surface area contributed by atoms with E-state index in [1.54, 1.807) is 30.5 Å². The molecule has 112 valence electrons. The number of pyridine rings is 1. The van der Waals surface area contributed by atoms with E-state index in [2.05, 4.69) is 4.98 Å². The normalized spacial score (nSPS) is 19.7. The van der Waals surface area contributed by atoms with E-state index < -0.39 is 5.72 Å². The number of aromatic nitrogens is 1. The molecule has 2 heterocycles. The zero-order chi connectivity index (χ0) is 15.9. The van der Waals surface area contributed by atoms with Gasteiger partial charge in [-0.25, -0.2) is 0 Å². The molecule has 0 saturated carbocycles. The van der Waals surface area contributed by atoms with Gasteiger partial charge in [0, 0.05) is 23.0 Å². The number of para-hydroxylation sites is 1. The van der Waals surface area contributed by atoms with Crippen LogP contribution in [-0.4, -0.2) is 16.0 Å². The van der Waals surface area contributed by atoms with Crippen molar-refractivity contribution >= 4 is 11.6 Å². The van der Waals surface area contributed by atoms with Gasteiger partial charge in [-0.05, 0) is 24.3 Å². The Morgan fingerprint density at radius 2 is 1.52 bits per heavy atom. The van der Waals surface area contributed by atoms with Crippen molar-refractivity contribution in [2.75, 3.05) is 4.90 Å². The highest BCUT2D eigenvalue weighted by Gasteiger charge is 2.51. The second kappa shape index (κ2) is 5.04. The van der Waals surface area contributed by atoms with Crippen molar-refractivity contribution in [1.29, 1.82) is 0 Å². The Hall–Kier alpha value is -2.98. The molecule has 1 unspecified atom stereocenters. The first-order chi connectivity index (χ1) is 11.2. The molecule has 4 heteroatoms. The summed E-state index contributed by atoms with van der Waals surface area (Å²) in [5.41, 5.74) is 0.470. The first-order valence-corrected chi connectivity index (χ1v) is 7.36. The van der Waals surface area contributed by atoms with Gasteiger partial charge in [0.15, 0.2) is 5.72 Å². The minimum atomic E-state index is -1.57. The molecule has 4 nitrogen and oxygen atoms in total. The average Bonchev–Trinajstić information content (AvgIpc) is 2.86. The number of rotatable bonds is 2. The van der Waals surface area contributed by atoms with E-state index in [4.69, 9.17) is 0 Å². The molecule has 23 heavy (non-hydrogen) atoms. The maximum atomic E-state index is 12.9. The molecule has 3 aromatic rings. The van der Waals surface area contributed by atoms with Crippen LogP contribution in [-0.2, 0) is 5.72 Å². The number of carbonyl (C=O) groups is 1. The van der Waals surface area contributed by atoms with Crippen molar-refractivity contribution in [3.8, 4) is 0 Å². The molecule has 0 radical (unpaired) electrons. The summed E-state index contributed by atoms with van der Waals surface area (Å²) in [5.74, 6) is -0.307. The Labute approximate surface area is 133 Å². The summed E-state index contributed by atoms with van der Waals surface area (Å²) >= 11 is 0. The molecule has 0 saturated heterocycles. The highest BCUT2D eigenvalue weighted by Crippen LogP contribution is 2.43. The summed E-state index contributed by atoms with van der Waals surface area (Å²) < 4.78 is 0. The van der Waals surface area contributed by atoms with Gasteiger partial charge in [0.05, 0.1) is 0 Å². The second-order valence-corrected chi connectivity index (χ2v) is 5.41. The Morgan fingerprint density at radius 3 is 2.22 bits per heavy atom. The van der Waals surface area contributed by atoms with E-state index in [0.29, 0.717) is 16.8 Å². The molecule has 2 aromatic carbocycles. The average molecular weight is 302 g/mol. The molecule has 0 bridgehead atoms. The number of benzene rings is 2. The predicted octanol–water partition coefficient (Wildman–Crippen LogP) is 2.94. The van der Waals surface area contributed by atoms with Crippen LogP contribution in [0.25, 0.3) is 0 Å². The van der Waals surface area contributed by atoms with Gasteiger partial charge in [0.1, 0.15) is 5.69 Å². The van der Waals surface area contributed by atoms with Crippen LogP contribution in [0.5, 0.6) is 0 Å². The van der Waals surface area contributed by atoms with Crippen molar-refractivity contribution in [3.63, 3.8) is 0 Å². The third-order valence-corrected chi connectivity index (χ3v) is 4.10. The van der Waals surface area contributed by atoms with Gasteiger partial charge in [0.25, 0.3) is 5.91 Å². The molecule has 0 fully saturated rings. The van der Waals surface area contributed by atoms with E-state index >= 15 is 0 Å². The predicted molar refractivity (Wildman–Crippen MR) is 86.9 cm³/mol. The molecule has 0 spiro atoms. The van der Waals surface area contributed by atoms with Crippen molar-refractivity contribution in [3.05, 3.63) is 95.8 Å². The molecule has 1 atom stereocenters. The van der Waals surface area contributed by atoms with Crippen LogP contribution in [0.15, 0.2) is 79.0 Å². The van der Waals surface area contributed by atoms with Crippen molar-refractivity contribution < 1.29 is 9.90 Å². The summed E-state index contributed by atoms with van der Waals surface area (Å²) in [4.78, 5) is 18.5. The Balaban J connectivity index is 2.01. The number of hydrogen-bond acceptors (Lipinski definition) is 3.